The third-order valence-corrected chi connectivity index (χ3v) is 2.55. The van der Waals surface area contributed by atoms with E-state index in [0.717, 1.165) is 6.42 Å². The van der Waals surface area contributed by atoms with E-state index >= 15 is 0 Å². The van der Waals surface area contributed by atoms with Gasteiger partial charge in [-0.1, -0.05) is 20.8 Å². The molecule has 0 fully saturated rings. The predicted molar refractivity (Wildman–Crippen MR) is 50.2 cm³/mol. The van der Waals surface area contributed by atoms with Crippen LogP contribution in [0.4, 0.5) is 0 Å². The van der Waals surface area contributed by atoms with Gasteiger partial charge >= 0.3 is 0 Å². The molecule has 0 aliphatic carbocycles. The molecule has 2 heteroatoms. The van der Waals surface area contributed by atoms with E-state index in [9.17, 15) is 0 Å². The van der Waals surface area contributed by atoms with Crippen LogP contribution in [0.5, 0.6) is 0 Å². The fourth-order valence-corrected chi connectivity index (χ4v) is 1.98. The number of aryl methyl sites for hydroxylation is 1. The lowest BCUT2D eigenvalue weighted by molar-refractivity contribution is 0.812. The van der Waals surface area contributed by atoms with Crippen molar-refractivity contribution in [3.63, 3.8) is 0 Å². The maximum absolute atomic E-state index is 4.52. The Morgan fingerprint density at radius 1 is 1.55 bits per heavy atom. The van der Waals surface area contributed by atoms with Gasteiger partial charge in [0, 0.05) is 5.38 Å². The number of thiazole rings is 1. The van der Waals surface area contributed by atoms with Crippen LogP contribution in [0, 0.1) is 0 Å². The Balaban J connectivity index is 2.66. The molecule has 0 aromatic carbocycles. The lowest BCUT2D eigenvalue weighted by atomic mass is 10.2. The van der Waals surface area contributed by atoms with Gasteiger partial charge in [0.2, 0.25) is 0 Å². The maximum atomic E-state index is 4.52. The van der Waals surface area contributed by atoms with Crippen molar-refractivity contribution in [1.29, 1.82) is 0 Å². The summed E-state index contributed by atoms with van der Waals surface area (Å²) in [6.07, 6.45) is 2.34. The monoisotopic (exact) mass is 169 g/mol. The van der Waals surface area contributed by atoms with Gasteiger partial charge in [-0.25, -0.2) is 4.98 Å². The van der Waals surface area contributed by atoms with Crippen LogP contribution in [-0.4, -0.2) is 4.98 Å². The summed E-state index contributed by atoms with van der Waals surface area (Å²) < 4.78 is 0. The highest BCUT2D eigenvalue weighted by Crippen LogP contribution is 2.18. The highest BCUT2D eigenvalue weighted by molar-refractivity contribution is 7.09. The third-order valence-electron chi connectivity index (χ3n) is 1.62. The summed E-state index contributed by atoms with van der Waals surface area (Å²) in [6.45, 7) is 6.56. The van der Waals surface area contributed by atoms with E-state index < -0.39 is 0 Å². The van der Waals surface area contributed by atoms with Crippen molar-refractivity contribution in [1.82, 2.24) is 4.98 Å². The topological polar surface area (TPSA) is 12.9 Å². The number of nitrogens with zero attached hydrogens (tertiary/aromatic N) is 1. The zero-order valence-electron chi connectivity index (χ0n) is 7.42. The third kappa shape index (κ3) is 2.29. The lowest BCUT2D eigenvalue weighted by Gasteiger charge is -1.96. The smallest absolute Gasteiger partial charge is 0.0928 e. The molecule has 0 aliphatic rings. The van der Waals surface area contributed by atoms with Crippen LogP contribution in [0.3, 0.4) is 0 Å². The normalized spacial score (nSPS) is 10.9. The first kappa shape index (κ1) is 8.72. The second-order valence-corrected chi connectivity index (χ2v) is 4.01. The van der Waals surface area contributed by atoms with Crippen LogP contribution in [0.1, 0.15) is 43.8 Å². The van der Waals surface area contributed by atoms with Crippen molar-refractivity contribution in [3.8, 4) is 0 Å². The molecule has 0 bridgehead atoms. The van der Waals surface area contributed by atoms with Gasteiger partial charge in [-0.15, -0.1) is 11.3 Å². The highest BCUT2D eigenvalue weighted by atomic mass is 32.1. The van der Waals surface area contributed by atoms with Crippen molar-refractivity contribution in [3.05, 3.63) is 16.1 Å². The first-order chi connectivity index (χ1) is 5.24. The second-order valence-electron chi connectivity index (χ2n) is 3.07. The minimum absolute atomic E-state index is 0.580. The van der Waals surface area contributed by atoms with E-state index in [4.69, 9.17) is 0 Å². The zero-order chi connectivity index (χ0) is 8.27. The molecule has 1 heterocycles. The molecule has 0 radical (unpaired) electrons. The molecule has 1 aromatic rings. The molecule has 62 valence electrons. The fraction of sp³-hybridized carbons (Fsp3) is 0.667. The van der Waals surface area contributed by atoms with Gasteiger partial charge < -0.3 is 0 Å². The van der Waals surface area contributed by atoms with Crippen LogP contribution in [-0.2, 0) is 6.42 Å². The van der Waals surface area contributed by atoms with Crippen molar-refractivity contribution in [2.45, 2.75) is 39.5 Å². The highest BCUT2D eigenvalue weighted by Gasteiger charge is 2.03. The molecule has 0 saturated carbocycles. The largest absolute Gasteiger partial charge is 0.246 e. The molecule has 0 aliphatic heterocycles. The van der Waals surface area contributed by atoms with Gasteiger partial charge in [0.25, 0.3) is 0 Å². The summed E-state index contributed by atoms with van der Waals surface area (Å²) in [4.78, 5) is 4.52. The van der Waals surface area contributed by atoms with Gasteiger partial charge in [0.15, 0.2) is 0 Å². The average molecular weight is 169 g/mol. The van der Waals surface area contributed by atoms with Gasteiger partial charge in [0.1, 0.15) is 0 Å². The van der Waals surface area contributed by atoms with Crippen LogP contribution >= 0.6 is 11.3 Å². The SMILES string of the molecule is CCCc1nc(C(C)C)cs1. The lowest BCUT2D eigenvalue weighted by Crippen LogP contribution is -1.88. The van der Waals surface area contributed by atoms with Crippen molar-refractivity contribution >= 4 is 11.3 Å². The predicted octanol–water partition coefficient (Wildman–Crippen LogP) is 3.22. The first-order valence-electron chi connectivity index (χ1n) is 4.18. The van der Waals surface area contributed by atoms with Crippen LogP contribution in [0.15, 0.2) is 5.38 Å². The summed E-state index contributed by atoms with van der Waals surface area (Å²) in [5.41, 5.74) is 1.25. The fourth-order valence-electron chi connectivity index (χ4n) is 0.919. The van der Waals surface area contributed by atoms with Crippen molar-refractivity contribution in [2.75, 3.05) is 0 Å². The minimum Gasteiger partial charge on any atom is -0.246 e. The maximum Gasteiger partial charge on any atom is 0.0928 e. The molecule has 0 atom stereocenters. The first-order valence-corrected chi connectivity index (χ1v) is 5.06. The molecule has 0 saturated heterocycles. The molecule has 1 rings (SSSR count). The van der Waals surface area contributed by atoms with Gasteiger partial charge in [-0.05, 0) is 18.8 Å². The van der Waals surface area contributed by atoms with Crippen LogP contribution < -0.4 is 0 Å². The molecular formula is C9H15NS. The Morgan fingerprint density at radius 3 is 2.73 bits per heavy atom. The van der Waals surface area contributed by atoms with Gasteiger partial charge in [-0.3, -0.25) is 0 Å². The number of hydrogen-bond donors (Lipinski definition) is 0. The molecular weight excluding hydrogens is 154 g/mol. The second kappa shape index (κ2) is 3.86. The molecule has 0 N–H and O–H groups in total. The van der Waals surface area contributed by atoms with Crippen molar-refractivity contribution in [2.24, 2.45) is 0 Å². The summed E-state index contributed by atoms with van der Waals surface area (Å²) >= 11 is 1.79. The molecule has 0 unspecified atom stereocenters. The molecule has 1 nitrogen and oxygen atoms in total. The number of rotatable bonds is 3. The summed E-state index contributed by atoms with van der Waals surface area (Å²) in [5.74, 6) is 0.580. The van der Waals surface area contributed by atoms with E-state index in [1.807, 2.05) is 0 Å². The molecule has 0 amide bonds. The Kier molecular flexibility index (Phi) is 3.06. The average Bonchev–Trinajstić information content (AvgIpc) is 2.37. The molecule has 0 spiro atoms. The van der Waals surface area contributed by atoms with Crippen LogP contribution in [0.25, 0.3) is 0 Å². The van der Waals surface area contributed by atoms with Gasteiger partial charge in [-0.2, -0.15) is 0 Å². The molecule has 1 aromatic heterocycles. The van der Waals surface area contributed by atoms with E-state index in [1.54, 1.807) is 11.3 Å². The Labute approximate surface area is 72.5 Å². The Morgan fingerprint density at radius 2 is 2.27 bits per heavy atom. The van der Waals surface area contributed by atoms with Crippen molar-refractivity contribution < 1.29 is 0 Å². The van der Waals surface area contributed by atoms with E-state index in [-0.39, 0.29) is 0 Å². The van der Waals surface area contributed by atoms with E-state index in [1.165, 1.54) is 17.1 Å². The zero-order valence-corrected chi connectivity index (χ0v) is 8.24. The van der Waals surface area contributed by atoms with Crippen LogP contribution in [0.2, 0.25) is 0 Å². The summed E-state index contributed by atoms with van der Waals surface area (Å²) in [5, 5.41) is 3.46. The minimum atomic E-state index is 0.580. The summed E-state index contributed by atoms with van der Waals surface area (Å²) in [6, 6.07) is 0. The number of aromatic nitrogens is 1. The van der Waals surface area contributed by atoms with Gasteiger partial charge in [0.05, 0.1) is 10.7 Å². The molecule has 11 heavy (non-hydrogen) atoms. The summed E-state index contributed by atoms with van der Waals surface area (Å²) in [7, 11) is 0. The van der Waals surface area contributed by atoms with E-state index in [2.05, 4.69) is 31.1 Å². The number of hydrogen-bond acceptors (Lipinski definition) is 2. The Hall–Kier alpha value is -0.370. The standard InChI is InChI=1S/C9H15NS/c1-4-5-9-10-8(6-11-9)7(2)3/h6-7H,4-5H2,1-3H3. The Bertz CT molecular complexity index is 215. The quantitative estimate of drug-likeness (QED) is 0.677. The van der Waals surface area contributed by atoms with E-state index in [0.29, 0.717) is 5.92 Å².